The van der Waals surface area contributed by atoms with E-state index < -0.39 is 0 Å². The Morgan fingerprint density at radius 2 is 1.20 bits per heavy atom. The van der Waals surface area contributed by atoms with E-state index in [0.29, 0.717) is 0 Å². The minimum absolute atomic E-state index is 0.248. The summed E-state index contributed by atoms with van der Waals surface area (Å²) in [5.41, 5.74) is 0. The quantitative estimate of drug-likeness (QED) is 0.589. The van der Waals surface area contributed by atoms with E-state index in [9.17, 15) is 8.78 Å². The predicted octanol–water partition coefficient (Wildman–Crippen LogP) is 5.12. The van der Waals surface area contributed by atoms with Crippen LogP contribution >= 0.6 is 11.3 Å². The molecule has 0 aliphatic rings. The molecule has 20 heavy (non-hydrogen) atoms. The molecule has 3 aromatic rings. The first-order valence-electron chi connectivity index (χ1n) is 6.03. The summed E-state index contributed by atoms with van der Waals surface area (Å²) in [6, 6.07) is 17.1. The van der Waals surface area contributed by atoms with Crippen LogP contribution in [0.1, 0.15) is 0 Å². The Hall–Kier alpha value is -1.65. The molecule has 0 aliphatic heterocycles. The molecule has 0 aliphatic carbocycles. The van der Waals surface area contributed by atoms with Crippen LogP contribution in [-0.4, -0.2) is 0 Å². The van der Waals surface area contributed by atoms with E-state index in [1.807, 2.05) is 11.4 Å². The van der Waals surface area contributed by atoms with Gasteiger partial charge in [-0.3, -0.25) is 0 Å². The van der Waals surface area contributed by atoms with Gasteiger partial charge in [-0.15, -0.1) is 0 Å². The number of rotatable bonds is 3. The lowest BCUT2D eigenvalue weighted by Crippen LogP contribution is -2.03. The van der Waals surface area contributed by atoms with Crippen molar-refractivity contribution in [3.8, 4) is 0 Å². The highest BCUT2D eigenvalue weighted by Crippen LogP contribution is 2.33. The highest BCUT2D eigenvalue weighted by Gasteiger charge is 2.29. The van der Waals surface area contributed by atoms with Crippen molar-refractivity contribution < 1.29 is 8.78 Å². The van der Waals surface area contributed by atoms with Gasteiger partial charge < -0.3 is 0 Å². The third-order valence-corrected chi connectivity index (χ3v) is 6.27. The number of hydrogen-bond donors (Lipinski definition) is 0. The fraction of sp³-hybridized carbons (Fsp3) is 0. The van der Waals surface area contributed by atoms with Crippen LogP contribution in [0.4, 0.5) is 8.78 Å². The molecule has 0 radical (unpaired) electrons. The Kier molecular flexibility index (Phi) is 3.85. The lowest BCUT2D eigenvalue weighted by atomic mass is 10.3. The highest BCUT2D eigenvalue weighted by atomic mass is 32.2. The van der Waals surface area contributed by atoms with E-state index in [1.54, 1.807) is 35.6 Å². The van der Waals surface area contributed by atoms with Crippen molar-refractivity contribution in [2.75, 3.05) is 0 Å². The van der Waals surface area contributed by atoms with Gasteiger partial charge in [-0.2, -0.15) is 0 Å². The van der Waals surface area contributed by atoms with Gasteiger partial charge in [0.1, 0.15) is 22.5 Å². The summed E-state index contributed by atoms with van der Waals surface area (Å²) in [5, 5.41) is 2.02. The SMILES string of the molecule is Fc1ccc([S+](c2ccc(F)cc2)c2cccs2)cc1. The summed E-state index contributed by atoms with van der Waals surface area (Å²) in [5.74, 6) is -0.495. The fourth-order valence-corrected chi connectivity index (χ4v) is 5.23. The van der Waals surface area contributed by atoms with Gasteiger partial charge >= 0.3 is 0 Å². The molecule has 3 rings (SSSR count). The molecule has 2 aromatic carbocycles. The zero-order valence-corrected chi connectivity index (χ0v) is 12.1. The first kappa shape index (κ1) is 13.3. The molecule has 100 valence electrons. The third-order valence-electron chi connectivity index (χ3n) is 2.79. The molecule has 1 heterocycles. The molecule has 0 bridgehead atoms. The second kappa shape index (κ2) is 5.77. The molecule has 0 unspecified atom stereocenters. The molecule has 0 spiro atoms. The average molecular weight is 305 g/mol. The molecule has 1 aromatic heterocycles. The van der Waals surface area contributed by atoms with E-state index in [-0.39, 0.29) is 22.5 Å². The molecule has 0 N–H and O–H groups in total. The van der Waals surface area contributed by atoms with Crippen molar-refractivity contribution in [2.45, 2.75) is 14.0 Å². The fourth-order valence-electron chi connectivity index (χ4n) is 1.89. The normalized spacial score (nSPS) is 10.9. The van der Waals surface area contributed by atoms with E-state index in [4.69, 9.17) is 0 Å². The number of hydrogen-bond acceptors (Lipinski definition) is 1. The maximum absolute atomic E-state index is 13.1. The maximum Gasteiger partial charge on any atom is 0.220 e. The molecule has 0 atom stereocenters. The van der Waals surface area contributed by atoms with Gasteiger partial charge in [0.15, 0.2) is 9.79 Å². The van der Waals surface area contributed by atoms with Crippen LogP contribution in [0.25, 0.3) is 0 Å². The Morgan fingerprint density at radius 3 is 1.60 bits per heavy atom. The molecule has 0 nitrogen and oxygen atoms in total. The van der Waals surface area contributed by atoms with Gasteiger partial charge in [0.25, 0.3) is 0 Å². The van der Waals surface area contributed by atoms with Crippen LogP contribution in [0.15, 0.2) is 80.0 Å². The van der Waals surface area contributed by atoms with Crippen LogP contribution < -0.4 is 0 Å². The van der Waals surface area contributed by atoms with E-state index in [2.05, 4.69) is 6.07 Å². The second-order valence-electron chi connectivity index (χ2n) is 4.15. The summed E-state index contributed by atoms with van der Waals surface area (Å²) in [6.07, 6.45) is 0. The number of benzene rings is 2. The molecular weight excluding hydrogens is 294 g/mol. The Labute approximate surface area is 123 Å². The Bertz CT molecular complexity index is 628. The molecular formula is C16H11F2S2+. The monoisotopic (exact) mass is 305 g/mol. The molecule has 0 saturated carbocycles. The first-order valence-corrected chi connectivity index (χ1v) is 8.13. The molecule has 0 amide bonds. The van der Waals surface area contributed by atoms with Gasteiger partial charge in [0.2, 0.25) is 4.21 Å². The van der Waals surface area contributed by atoms with Crippen LogP contribution in [-0.2, 0) is 10.9 Å². The van der Waals surface area contributed by atoms with Crippen LogP contribution in [0.5, 0.6) is 0 Å². The van der Waals surface area contributed by atoms with Crippen molar-refractivity contribution in [3.63, 3.8) is 0 Å². The zero-order valence-electron chi connectivity index (χ0n) is 10.4. The van der Waals surface area contributed by atoms with Crippen molar-refractivity contribution in [2.24, 2.45) is 0 Å². The summed E-state index contributed by atoms with van der Waals surface area (Å²) < 4.78 is 27.4. The number of thiophene rings is 1. The van der Waals surface area contributed by atoms with Gasteiger partial charge in [-0.05, 0) is 60.0 Å². The van der Waals surface area contributed by atoms with E-state index in [1.165, 1.54) is 28.5 Å². The molecule has 0 fully saturated rings. The molecule has 4 heteroatoms. The smallest absolute Gasteiger partial charge is 0.207 e. The predicted molar refractivity (Wildman–Crippen MR) is 79.3 cm³/mol. The summed E-state index contributed by atoms with van der Waals surface area (Å²) >= 11 is 1.65. The van der Waals surface area contributed by atoms with Crippen LogP contribution in [0.3, 0.4) is 0 Å². The Morgan fingerprint density at radius 1 is 0.700 bits per heavy atom. The van der Waals surface area contributed by atoms with Gasteiger partial charge in [-0.1, -0.05) is 11.3 Å². The van der Waals surface area contributed by atoms with Crippen molar-refractivity contribution in [3.05, 3.63) is 77.7 Å². The molecule has 0 saturated heterocycles. The first-order chi connectivity index (χ1) is 9.74. The van der Waals surface area contributed by atoms with Gasteiger partial charge in [0.05, 0.1) is 0 Å². The van der Waals surface area contributed by atoms with Gasteiger partial charge in [-0.25, -0.2) is 8.78 Å². The lowest BCUT2D eigenvalue weighted by Gasteiger charge is -2.05. The lowest BCUT2D eigenvalue weighted by molar-refractivity contribution is 0.626. The summed E-state index contributed by atoms with van der Waals surface area (Å²) in [6.45, 7) is 0. The summed E-state index contributed by atoms with van der Waals surface area (Å²) in [7, 11) is -0.315. The van der Waals surface area contributed by atoms with Crippen LogP contribution in [0, 0.1) is 11.6 Å². The van der Waals surface area contributed by atoms with E-state index in [0.717, 1.165) is 9.79 Å². The number of halogens is 2. The van der Waals surface area contributed by atoms with Crippen LogP contribution in [0.2, 0.25) is 0 Å². The zero-order chi connectivity index (χ0) is 13.9. The minimum Gasteiger partial charge on any atom is -0.207 e. The third kappa shape index (κ3) is 2.76. The second-order valence-corrected chi connectivity index (χ2v) is 7.35. The maximum atomic E-state index is 13.1. The topological polar surface area (TPSA) is 0 Å². The standard InChI is InChI=1S/C16H11F2S2/c17-12-3-7-14(8-4-12)20(16-2-1-11-19-16)15-9-5-13(18)6-10-15/h1-11H/q+1. The van der Waals surface area contributed by atoms with E-state index >= 15 is 0 Å². The highest BCUT2D eigenvalue weighted by molar-refractivity contribution is 7.98. The Balaban J connectivity index is 2.09. The van der Waals surface area contributed by atoms with Gasteiger partial charge in [0, 0.05) is 6.07 Å². The minimum atomic E-state index is -0.315. The van der Waals surface area contributed by atoms with Crippen molar-refractivity contribution in [1.29, 1.82) is 0 Å². The van der Waals surface area contributed by atoms with Crippen molar-refractivity contribution >= 4 is 22.2 Å². The summed E-state index contributed by atoms with van der Waals surface area (Å²) in [4.78, 5) is 2.06. The van der Waals surface area contributed by atoms with Crippen molar-refractivity contribution in [1.82, 2.24) is 0 Å². The average Bonchev–Trinajstić information content (AvgIpc) is 2.97. The largest absolute Gasteiger partial charge is 0.220 e.